The molecule has 6 nitrogen and oxygen atoms in total. The summed E-state index contributed by atoms with van der Waals surface area (Å²) in [6, 6.07) is 13.2. The number of hydrogen-bond donors (Lipinski definition) is 2. The number of rotatable bonds is 19. The zero-order chi connectivity index (χ0) is 28.4. The van der Waals surface area contributed by atoms with Crippen LogP contribution in [0.2, 0.25) is 0 Å². The number of nitrogens with one attached hydrogen (secondary N) is 2. The van der Waals surface area contributed by atoms with E-state index in [1.807, 2.05) is 42.1 Å². The number of para-hydroxylation sites is 1. The van der Waals surface area contributed by atoms with E-state index in [1.54, 1.807) is 7.11 Å². The van der Waals surface area contributed by atoms with E-state index in [2.05, 4.69) is 47.7 Å². The minimum atomic E-state index is -0.314. The number of unbranched alkanes of at least 4 members (excludes halogenated alkanes) is 11. The average Bonchev–Trinajstić information content (AvgIpc) is 3.37. The van der Waals surface area contributed by atoms with Gasteiger partial charge in [0, 0.05) is 18.4 Å². The second-order valence-corrected chi connectivity index (χ2v) is 11.8. The molecular weight excluding hydrogens is 518 g/mol. The second-order valence-electron chi connectivity index (χ2n) is 10.6. The number of nitrogens with zero attached hydrogens (tertiary/aromatic N) is 1. The number of amides is 2. The summed E-state index contributed by atoms with van der Waals surface area (Å²) < 4.78 is 11.6. The highest BCUT2D eigenvalue weighted by atomic mass is 32.2. The van der Waals surface area contributed by atoms with Crippen LogP contribution in [-0.4, -0.2) is 30.5 Å². The van der Waals surface area contributed by atoms with Gasteiger partial charge in [0.15, 0.2) is 11.5 Å². The number of urea groups is 1. The third-order valence-corrected chi connectivity index (χ3v) is 8.13. The van der Waals surface area contributed by atoms with Crippen molar-refractivity contribution < 1.29 is 14.3 Å². The Morgan fingerprint density at radius 3 is 2.12 bits per heavy atom. The number of anilines is 2. The summed E-state index contributed by atoms with van der Waals surface area (Å²) in [5.41, 5.74) is 2.55. The Kier molecular flexibility index (Phi) is 14.7. The molecule has 40 heavy (non-hydrogen) atoms. The molecule has 0 bridgehead atoms. The lowest BCUT2D eigenvalue weighted by atomic mass is 10.1. The summed E-state index contributed by atoms with van der Waals surface area (Å²) in [5.74, 6) is 2.18. The molecule has 0 atom stereocenters. The lowest BCUT2D eigenvalue weighted by Gasteiger charge is -2.16. The van der Waals surface area contributed by atoms with Crippen LogP contribution in [0, 0.1) is 0 Å². The predicted molar refractivity (Wildman–Crippen MR) is 170 cm³/mol. The van der Waals surface area contributed by atoms with E-state index in [4.69, 9.17) is 9.47 Å². The van der Waals surface area contributed by atoms with Gasteiger partial charge in [0.05, 0.1) is 25.3 Å². The highest BCUT2D eigenvalue weighted by molar-refractivity contribution is 8.03. The number of benzene rings is 2. The lowest BCUT2D eigenvalue weighted by molar-refractivity contribution is 0.261. The van der Waals surface area contributed by atoms with Crippen molar-refractivity contribution in [1.82, 2.24) is 4.90 Å². The Hall–Kier alpha value is -2.80. The molecule has 0 saturated carbocycles. The van der Waals surface area contributed by atoms with Crippen molar-refractivity contribution in [3.63, 3.8) is 0 Å². The Labute approximate surface area is 246 Å². The summed E-state index contributed by atoms with van der Waals surface area (Å²) in [4.78, 5) is 16.4. The quantitative estimate of drug-likeness (QED) is 0.165. The molecule has 0 saturated heterocycles. The maximum atomic E-state index is 12.8. The van der Waals surface area contributed by atoms with E-state index in [0.29, 0.717) is 23.8 Å². The fourth-order valence-corrected chi connectivity index (χ4v) is 5.62. The molecule has 1 aliphatic rings. The van der Waals surface area contributed by atoms with Crippen molar-refractivity contribution in [3.8, 4) is 11.5 Å². The average molecular weight is 568 g/mol. The van der Waals surface area contributed by atoms with Gasteiger partial charge >= 0.3 is 6.03 Å². The molecule has 0 fully saturated rings. The largest absolute Gasteiger partial charge is 0.493 e. The highest BCUT2D eigenvalue weighted by Crippen LogP contribution is 2.35. The number of methoxy groups -OCH3 is 1. The molecule has 7 heteroatoms. The minimum Gasteiger partial charge on any atom is -0.493 e. The van der Waals surface area contributed by atoms with E-state index >= 15 is 0 Å². The molecular formula is C33H49N3O3S. The predicted octanol–water partition coefficient (Wildman–Crippen LogP) is 9.79. The van der Waals surface area contributed by atoms with Crippen molar-refractivity contribution in [3.05, 3.63) is 59.1 Å². The van der Waals surface area contributed by atoms with Gasteiger partial charge < -0.3 is 25.0 Å². The summed E-state index contributed by atoms with van der Waals surface area (Å²) >= 11 is 1.86. The zero-order valence-corrected chi connectivity index (χ0v) is 25.6. The number of allylic oxidation sites excluding steroid dienone is 1. The van der Waals surface area contributed by atoms with Crippen LogP contribution in [0.1, 0.15) is 96.5 Å². The molecule has 2 aromatic rings. The Morgan fingerprint density at radius 2 is 1.52 bits per heavy atom. The fourth-order valence-electron chi connectivity index (χ4n) is 4.86. The Balaban J connectivity index is 1.37. The second kappa shape index (κ2) is 18.5. The van der Waals surface area contributed by atoms with Gasteiger partial charge in [0.25, 0.3) is 0 Å². The number of ether oxygens (including phenoxy) is 2. The van der Waals surface area contributed by atoms with Crippen LogP contribution < -0.4 is 20.1 Å². The molecule has 0 radical (unpaired) electrons. The van der Waals surface area contributed by atoms with E-state index in [1.165, 1.54) is 74.7 Å². The first kappa shape index (κ1) is 31.7. The smallest absolute Gasteiger partial charge is 0.323 e. The van der Waals surface area contributed by atoms with Crippen LogP contribution in [0.3, 0.4) is 0 Å². The van der Waals surface area contributed by atoms with Crippen molar-refractivity contribution in [2.75, 3.05) is 30.2 Å². The SMILES string of the molecule is CCCCCCCCCCCCCCOc1c(NC(=O)Nc2ccc(CN3C=C(C)SC3)cc2)cccc1OC. The van der Waals surface area contributed by atoms with Crippen LogP contribution in [0.4, 0.5) is 16.2 Å². The highest BCUT2D eigenvalue weighted by Gasteiger charge is 2.14. The van der Waals surface area contributed by atoms with E-state index in [-0.39, 0.29) is 6.03 Å². The van der Waals surface area contributed by atoms with Crippen LogP contribution in [0.15, 0.2) is 53.6 Å². The first-order chi connectivity index (χ1) is 19.6. The maximum Gasteiger partial charge on any atom is 0.323 e. The number of thioether (sulfide) groups is 1. The van der Waals surface area contributed by atoms with E-state index in [0.717, 1.165) is 31.0 Å². The Morgan fingerprint density at radius 1 is 0.875 bits per heavy atom. The summed E-state index contributed by atoms with van der Waals surface area (Å²) in [7, 11) is 1.62. The van der Waals surface area contributed by atoms with Gasteiger partial charge in [-0.3, -0.25) is 0 Å². The molecule has 1 aliphatic heterocycles. The molecule has 2 amide bonds. The maximum absolute atomic E-state index is 12.8. The van der Waals surface area contributed by atoms with Crippen molar-refractivity contribution in [1.29, 1.82) is 0 Å². The summed E-state index contributed by atoms with van der Waals surface area (Å²) in [6.45, 7) is 5.86. The first-order valence-corrected chi connectivity index (χ1v) is 16.1. The molecule has 2 N–H and O–H groups in total. The molecule has 0 aliphatic carbocycles. The van der Waals surface area contributed by atoms with E-state index < -0.39 is 0 Å². The van der Waals surface area contributed by atoms with Crippen LogP contribution >= 0.6 is 11.8 Å². The molecule has 0 spiro atoms. The van der Waals surface area contributed by atoms with Crippen molar-refractivity contribution in [2.45, 2.75) is 97.4 Å². The molecule has 1 heterocycles. The van der Waals surface area contributed by atoms with Crippen LogP contribution in [-0.2, 0) is 6.54 Å². The van der Waals surface area contributed by atoms with Crippen LogP contribution in [0.5, 0.6) is 11.5 Å². The van der Waals surface area contributed by atoms with Gasteiger partial charge in [-0.15, -0.1) is 11.8 Å². The molecule has 0 aromatic heterocycles. The number of hydrogen-bond acceptors (Lipinski definition) is 5. The Bertz CT molecular complexity index is 1040. The van der Waals surface area contributed by atoms with E-state index in [9.17, 15) is 4.79 Å². The number of carbonyl (C=O) groups excluding carboxylic acids is 1. The van der Waals surface area contributed by atoms with Crippen LogP contribution in [0.25, 0.3) is 0 Å². The van der Waals surface area contributed by atoms with Gasteiger partial charge in [-0.1, -0.05) is 95.8 Å². The van der Waals surface area contributed by atoms with Crippen molar-refractivity contribution in [2.24, 2.45) is 0 Å². The van der Waals surface area contributed by atoms with Gasteiger partial charge in [0.1, 0.15) is 0 Å². The third-order valence-electron chi connectivity index (χ3n) is 7.11. The monoisotopic (exact) mass is 567 g/mol. The van der Waals surface area contributed by atoms with Gasteiger partial charge in [-0.05, 0) is 48.1 Å². The molecule has 220 valence electrons. The van der Waals surface area contributed by atoms with Gasteiger partial charge in [0.2, 0.25) is 0 Å². The molecule has 0 unspecified atom stereocenters. The lowest BCUT2D eigenvalue weighted by Crippen LogP contribution is -2.20. The summed E-state index contributed by atoms with van der Waals surface area (Å²) in [6.07, 6.45) is 17.8. The molecule has 3 rings (SSSR count). The first-order valence-electron chi connectivity index (χ1n) is 15.1. The number of carbonyl (C=O) groups is 1. The summed E-state index contributed by atoms with van der Waals surface area (Å²) in [5, 5.41) is 5.86. The van der Waals surface area contributed by atoms with Gasteiger partial charge in [-0.25, -0.2) is 4.79 Å². The minimum absolute atomic E-state index is 0.314. The van der Waals surface area contributed by atoms with Crippen molar-refractivity contribution >= 4 is 29.2 Å². The van der Waals surface area contributed by atoms with Gasteiger partial charge in [-0.2, -0.15) is 0 Å². The molecule has 2 aromatic carbocycles. The fraction of sp³-hybridized carbons (Fsp3) is 0.545. The zero-order valence-electron chi connectivity index (χ0n) is 24.8. The normalized spacial score (nSPS) is 12.8. The standard InChI is InChI=1S/C33H49N3O3S/c1-4-5-6-7-8-9-10-11-12-13-14-15-23-39-32-30(17-16-18-31(32)38-3)35-33(37)34-29-21-19-28(20-22-29)25-36-24-27(2)40-26-36/h16-22,24H,4-15,23,25-26H2,1-3H3,(H2,34,35,37). The third kappa shape index (κ3) is 11.7. The topological polar surface area (TPSA) is 62.8 Å².